The van der Waals surface area contributed by atoms with Crippen LogP contribution in [-0.4, -0.2) is 27.3 Å². The zero-order valence-corrected chi connectivity index (χ0v) is 12.2. The normalized spacial score (nSPS) is 19.8. The summed E-state index contributed by atoms with van der Waals surface area (Å²) in [4.78, 5) is 0. The van der Waals surface area contributed by atoms with Gasteiger partial charge in [0.1, 0.15) is 0 Å². The van der Waals surface area contributed by atoms with Gasteiger partial charge in [0, 0.05) is 6.04 Å². The van der Waals surface area contributed by atoms with E-state index < -0.39 is 10.0 Å². The zero-order chi connectivity index (χ0) is 13.0. The molecule has 0 aromatic carbocycles. The minimum Gasteiger partial charge on any atom is -0.317 e. The molecule has 0 saturated carbocycles. The fourth-order valence-electron chi connectivity index (χ4n) is 2.27. The summed E-state index contributed by atoms with van der Waals surface area (Å²) in [7, 11) is -3.18. The van der Waals surface area contributed by atoms with Crippen molar-refractivity contribution in [2.24, 2.45) is 5.92 Å². The molecule has 18 heavy (non-hydrogen) atoms. The van der Waals surface area contributed by atoms with Gasteiger partial charge in [0.2, 0.25) is 10.0 Å². The van der Waals surface area contributed by atoms with Crippen LogP contribution in [0.1, 0.15) is 31.4 Å². The lowest BCUT2D eigenvalue weighted by molar-refractivity contribution is 0.399. The fraction of sp³-hybridized carbons (Fsp3) is 0.667. The largest absolute Gasteiger partial charge is 0.317 e. The molecule has 1 fully saturated rings. The number of rotatable bonds is 5. The predicted molar refractivity (Wildman–Crippen MR) is 75.3 cm³/mol. The number of sulfonamides is 1. The van der Waals surface area contributed by atoms with Crippen molar-refractivity contribution in [3.05, 3.63) is 22.4 Å². The quantitative estimate of drug-likeness (QED) is 0.867. The van der Waals surface area contributed by atoms with E-state index >= 15 is 0 Å². The molecule has 0 aliphatic carbocycles. The van der Waals surface area contributed by atoms with Crippen molar-refractivity contribution in [3.63, 3.8) is 0 Å². The van der Waals surface area contributed by atoms with Gasteiger partial charge in [-0.25, -0.2) is 13.1 Å². The van der Waals surface area contributed by atoms with Gasteiger partial charge in [-0.05, 0) is 61.2 Å². The summed E-state index contributed by atoms with van der Waals surface area (Å²) in [6, 6.07) is 1.82. The van der Waals surface area contributed by atoms with E-state index in [-0.39, 0.29) is 11.8 Å². The zero-order valence-electron chi connectivity index (χ0n) is 10.6. The van der Waals surface area contributed by atoms with Crippen LogP contribution in [0.3, 0.4) is 0 Å². The Balaban J connectivity index is 1.90. The standard InChI is InChI=1S/C12H20N2O2S2/c1-10(12-4-7-17-8-12)14-18(15,16)9-11-2-5-13-6-3-11/h4,7-8,10-11,13-14H,2-3,5-6,9H2,1H3. The van der Waals surface area contributed by atoms with E-state index in [1.807, 2.05) is 23.8 Å². The predicted octanol–water partition coefficient (Wildman–Crippen LogP) is 1.73. The molecule has 0 radical (unpaired) electrons. The Morgan fingerprint density at radius 3 is 2.83 bits per heavy atom. The second-order valence-corrected chi connectivity index (χ2v) is 7.45. The van der Waals surface area contributed by atoms with Gasteiger partial charge < -0.3 is 5.32 Å². The molecule has 1 saturated heterocycles. The lowest BCUT2D eigenvalue weighted by Gasteiger charge is -2.23. The van der Waals surface area contributed by atoms with E-state index in [9.17, 15) is 8.42 Å². The number of hydrogen-bond donors (Lipinski definition) is 2. The minimum absolute atomic E-state index is 0.136. The van der Waals surface area contributed by atoms with E-state index in [4.69, 9.17) is 0 Å². The molecular weight excluding hydrogens is 268 g/mol. The van der Waals surface area contributed by atoms with Gasteiger partial charge in [-0.15, -0.1) is 0 Å². The lowest BCUT2D eigenvalue weighted by Crippen LogP contribution is -2.36. The fourth-order valence-corrected chi connectivity index (χ4v) is 4.74. The highest BCUT2D eigenvalue weighted by molar-refractivity contribution is 7.89. The molecule has 102 valence electrons. The molecule has 1 aliphatic heterocycles. The van der Waals surface area contributed by atoms with Crippen LogP contribution >= 0.6 is 11.3 Å². The first-order valence-electron chi connectivity index (χ1n) is 6.29. The second kappa shape index (κ2) is 6.14. The van der Waals surface area contributed by atoms with Gasteiger partial charge >= 0.3 is 0 Å². The van der Waals surface area contributed by atoms with Crippen LogP contribution in [0.15, 0.2) is 16.8 Å². The first-order valence-corrected chi connectivity index (χ1v) is 8.89. The molecule has 4 nitrogen and oxygen atoms in total. The van der Waals surface area contributed by atoms with Gasteiger partial charge in [-0.1, -0.05) is 0 Å². The van der Waals surface area contributed by atoms with E-state index in [0.717, 1.165) is 31.5 Å². The summed E-state index contributed by atoms with van der Waals surface area (Å²) >= 11 is 1.59. The molecule has 0 amide bonds. The Hall–Kier alpha value is -0.430. The molecule has 2 heterocycles. The molecule has 6 heteroatoms. The van der Waals surface area contributed by atoms with Gasteiger partial charge in [0.15, 0.2) is 0 Å². The molecule has 1 unspecified atom stereocenters. The van der Waals surface area contributed by atoms with Crippen molar-refractivity contribution in [2.75, 3.05) is 18.8 Å². The Kier molecular flexibility index (Phi) is 4.77. The molecule has 2 N–H and O–H groups in total. The lowest BCUT2D eigenvalue weighted by atomic mass is 10.0. The van der Waals surface area contributed by atoms with Crippen molar-refractivity contribution >= 4 is 21.4 Å². The van der Waals surface area contributed by atoms with Crippen LogP contribution < -0.4 is 10.0 Å². The van der Waals surface area contributed by atoms with Crippen molar-refractivity contribution in [3.8, 4) is 0 Å². The molecule has 1 aliphatic rings. The maximum absolute atomic E-state index is 12.1. The molecular formula is C12H20N2O2S2. The Morgan fingerprint density at radius 2 is 2.22 bits per heavy atom. The average Bonchev–Trinajstić information content (AvgIpc) is 2.82. The Bertz CT molecular complexity index is 450. The van der Waals surface area contributed by atoms with Crippen LogP contribution in [0.4, 0.5) is 0 Å². The maximum atomic E-state index is 12.1. The first-order chi connectivity index (χ1) is 8.57. The molecule has 1 atom stereocenters. The average molecular weight is 288 g/mol. The van der Waals surface area contributed by atoms with Crippen molar-refractivity contribution in [1.82, 2.24) is 10.0 Å². The maximum Gasteiger partial charge on any atom is 0.212 e. The van der Waals surface area contributed by atoms with E-state index in [1.54, 1.807) is 11.3 Å². The first kappa shape index (κ1) is 14.0. The van der Waals surface area contributed by atoms with Gasteiger partial charge in [-0.3, -0.25) is 0 Å². The summed E-state index contributed by atoms with van der Waals surface area (Å²) in [6.07, 6.45) is 1.90. The third kappa shape index (κ3) is 4.05. The summed E-state index contributed by atoms with van der Waals surface area (Å²) in [5, 5.41) is 7.20. The second-order valence-electron chi connectivity index (χ2n) is 4.87. The van der Waals surface area contributed by atoms with Crippen molar-refractivity contribution in [2.45, 2.75) is 25.8 Å². The third-order valence-corrected chi connectivity index (χ3v) is 5.64. The summed E-state index contributed by atoms with van der Waals surface area (Å²) < 4.78 is 26.9. The van der Waals surface area contributed by atoms with Crippen LogP contribution in [0, 0.1) is 5.92 Å². The summed E-state index contributed by atoms with van der Waals surface area (Å²) in [6.45, 7) is 3.75. The van der Waals surface area contributed by atoms with Crippen molar-refractivity contribution in [1.29, 1.82) is 0 Å². The van der Waals surface area contributed by atoms with Crippen LogP contribution in [0.5, 0.6) is 0 Å². The highest BCUT2D eigenvalue weighted by Gasteiger charge is 2.23. The van der Waals surface area contributed by atoms with Gasteiger partial charge in [-0.2, -0.15) is 11.3 Å². The number of nitrogens with one attached hydrogen (secondary N) is 2. The van der Waals surface area contributed by atoms with Crippen LogP contribution in [-0.2, 0) is 10.0 Å². The third-order valence-electron chi connectivity index (χ3n) is 3.31. The highest BCUT2D eigenvalue weighted by atomic mass is 32.2. The number of thiophene rings is 1. The summed E-state index contributed by atoms with van der Waals surface area (Å²) in [5.41, 5.74) is 1.04. The SMILES string of the molecule is CC(NS(=O)(=O)CC1CCNCC1)c1ccsc1. The number of piperidine rings is 1. The minimum atomic E-state index is -3.18. The Morgan fingerprint density at radius 1 is 1.50 bits per heavy atom. The molecule has 0 bridgehead atoms. The van der Waals surface area contributed by atoms with E-state index in [0.29, 0.717) is 5.92 Å². The molecule has 2 rings (SSSR count). The van der Waals surface area contributed by atoms with Gasteiger partial charge in [0.25, 0.3) is 0 Å². The van der Waals surface area contributed by atoms with Crippen LogP contribution in [0.25, 0.3) is 0 Å². The van der Waals surface area contributed by atoms with Crippen molar-refractivity contribution < 1.29 is 8.42 Å². The molecule has 1 aromatic heterocycles. The van der Waals surface area contributed by atoms with E-state index in [1.165, 1.54) is 0 Å². The Labute approximate surface area is 113 Å². The van der Waals surface area contributed by atoms with Gasteiger partial charge in [0.05, 0.1) is 5.75 Å². The summed E-state index contributed by atoms with van der Waals surface area (Å²) in [5.74, 6) is 0.543. The molecule has 0 spiro atoms. The highest BCUT2D eigenvalue weighted by Crippen LogP contribution is 2.19. The monoisotopic (exact) mass is 288 g/mol. The van der Waals surface area contributed by atoms with Crippen LogP contribution in [0.2, 0.25) is 0 Å². The number of hydrogen-bond acceptors (Lipinski definition) is 4. The smallest absolute Gasteiger partial charge is 0.212 e. The van der Waals surface area contributed by atoms with E-state index in [2.05, 4.69) is 10.0 Å². The topological polar surface area (TPSA) is 58.2 Å². The molecule has 1 aromatic rings.